The molecule has 4 aromatic rings. The van der Waals surface area contributed by atoms with E-state index in [1.165, 1.54) is 0 Å². The van der Waals surface area contributed by atoms with Gasteiger partial charge in [0.25, 0.3) is 0 Å². The van der Waals surface area contributed by atoms with Crippen LogP contribution in [0.3, 0.4) is 0 Å². The van der Waals surface area contributed by atoms with E-state index in [2.05, 4.69) is 25.4 Å². The SMILES string of the molecule is Cn1cc(Cc2ncc(-c3ccc(CC(=O)NCc4cccnc4)cc3)cn2)cn1. The van der Waals surface area contributed by atoms with Crippen LogP contribution in [0.25, 0.3) is 11.1 Å². The summed E-state index contributed by atoms with van der Waals surface area (Å²) in [5.74, 6) is 0.739. The molecule has 3 heterocycles. The van der Waals surface area contributed by atoms with Gasteiger partial charge in [0.2, 0.25) is 5.91 Å². The quantitative estimate of drug-likeness (QED) is 0.517. The molecule has 7 heteroatoms. The zero-order valence-electron chi connectivity index (χ0n) is 16.7. The summed E-state index contributed by atoms with van der Waals surface area (Å²) < 4.78 is 1.77. The molecular formula is C23H22N6O. The van der Waals surface area contributed by atoms with Gasteiger partial charge in [-0.05, 0) is 28.3 Å². The summed E-state index contributed by atoms with van der Waals surface area (Å²) in [6, 6.07) is 11.7. The fraction of sp³-hybridized carbons (Fsp3) is 0.174. The van der Waals surface area contributed by atoms with Gasteiger partial charge in [0.15, 0.2) is 0 Å². The molecule has 3 aromatic heterocycles. The van der Waals surface area contributed by atoms with Crippen LogP contribution in [0.4, 0.5) is 0 Å². The molecule has 1 aromatic carbocycles. The molecule has 7 nitrogen and oxygen atoms in total. The summed E-state index contributed by atoms with van der Waals surface area (Å²) >= 11 is 0. The molecule has 4 rings (SSSR count). The van der Waals surface area contributed by atoms with E-state index >= 15 is 0 Å². The topological polar surface area (TPSA) is 85.6 Å². The fourth-order valence-corrected chi connectivity index (χ4v) is 3.11. The lowest BCUT2D eigenvalue weighted by atomic mass is 10.0. The molecule has 0 radical (unpaired) electrons. The van der Waals surface area contributed by atoms with Gasteiger partial charge in [-0.2, -0.15) is 5.10 Å². The normalized spacial score (nSPS) is 10.7. The van der Waals surface area contributed by atoms with Crippen molar-refractivity contribution in [1.29, 1.82) is 0 Å². The van der Waals surface area contributed by atoms with Crippen LogP contribution in [-0.2, 0) is 31.2 Å². The van der Waals surface area contributed by atoms with Crippen LogP contribution in [0.5, 0.6) is 0 Å². The third kappa shape index (κ3) is 5.14. The van der Waals surface area contributed by atoms with E-state index in [0.29, 0.717) is 19.4 Å². The molecule has 0 saturated carbocycles. The van der Waals surface area contributed by atoms with E-state index in [-0.39, 0.29) is 5.91 Å². The maximum absolute atomic E-state index is 12.2. The minimum absolute atomic E-state index is 0.0188. The molecule has 0 aliphatic heterocycles. The lowest BCUT2D eigenvalue weighted by Gasteiger charge is -2.07. The molecule has 0 spiro atoms. The van der Waals surface area contributed by atoms with E-state index < -0.39 is 0 Å². The summed E-state index contributed by atoms with van der Waals surface area (Å²) in [4.78, 5) is 25.2. The monoisotopic (exact) mass is 398 g/mol. The van der Waals surface area contributed by atoms with Crippen molar-refractivity contribution in [3.8, 4) is 11.1 Å². The Bertz CT molecular complexity index is 1100. The number of pyridine rings is 1. The van der Waals surface area contributed by atoms with Gasteiger partial charge in [-0.25, -0.2) is 9.97 Å². The van der Waals surface area contributed by atoms with Gasteiger partial charge < -0.3 is 5.32 Å². The maximum atomic E-state index is 12.2. The Morgan fingerprint density at radius 2 is 1.73 bits per heavy atom. The van der Waals surface area contributed by atoms with Crippen LogP contribution in [0.15, 0.2) is 73.6 Å². The third-order valence-corrected chi connectivity index (χ3v) is 4.69. The standard InChI is InChI=1S/C23H22N6O/c1-29-16-19(13-28-29)9-22-25-14-21(15-26-22)20-6-4-17(5-7-20)10-23(30)27-12-18-3-2-8-24-11-18/h2-8,11,13-16H,9-10,12H2,1H3,(H,27,30). The van der Waals surface area contributed by atoms with Gasteiger partial charge in [0, 0.05) is 56.6 Å². The molecule has 0 unspecified atom stereocenters. The first-order chi connectivity index (χ1) is 14.7. The number of carbonyl (C=O) groups is 1. The van der Waals surface area contributed by atoms with E-state index in [4.69, 9.17) is 0 Å². The number of carbonyl (C=O) groups excluding carboxylic acids is 1. The summed E-state index contributed by atoms with van der Waals surface area (Å²) in [5, 5.41) is 7.08. The van der Waals surface area contributed by atoms with Crippen molar-refractivity contribution in [2.24, 2.45) is 7.05 Å². The maximum Gasteiger partial charge on any atom is 0.224 e. The average molecular weight is 398 g/mol. The number of aromatic nitrogens is 5. The van der Waals surface area contributed by atoms with Crippen molar-refractivity contribution >= 4 is 5.91 Å². The number of nitrogens with zero attached hydrogens (tertiary/aromatic N) is 5. The highest BCUT2D eigenvalue weighted by Gasteiger charge is 2.06. The molecule has 1 amide bonds. The van der Waals surface area contributed by atoms with E-state index in [1.54, 1.807) is 17.1 Å². The second-order valence-corrected chi connectivity index (χ2v) is 7.10. The summed E-state index contributed by atoms with van der Waals surface area (Å²) in [6.45, 7) is 0.480. The first kappa shape index (κ1) is 19.4. The third-order valence-electron chi connectivity index (χ3n) is 4.69. The number of hydrogen-bond acceptors (Lipinski definition) is 5. The predicted octanol–water partition coefficient (Wildman–Crippen LogP) is 2.72. The second-order valence-electron chi connectivity index (χ2n) is 7.10. The molecule has 0 atom stereocenters. The van der Waals surface area contributed by atoms with E-state index in [0.717, 1.165) is 33.6 Å². The van der Waals surface area contributed by atoms with E-state index in [1.807, 2.05) is 68.2 Å². The molecular weight excluding hydrogens is 376 g/mol. The first-order valence-electron chi connectivity index (χ1n) is 9.69. The van der Waals surface area contributed by atoms with Gasteiger partial charge in [0.05, 0.1) is 12.6 Å². The highest BCUT2D eigenvalue weighted by Crippen LogP contribution is 2.19. The second kappa shape index (κ2) is 9.09. The van der Waals surface area contributed by atoms with Gasteiger partial charge in [-0.3, -0.25) is 14.5 Å². The van der Waals surface area contributed by atoms with Crippen molar-refractivity contribution in [2.75, 3.05) is 0 Å². The molecule has 0 aliphatic rings. The number of rotatable bonds is 7. The fourth-order valence-electron chi connectivity index (χ4n) is 3.11. The number of aryl methyl sites for hydroxylation is 1. The van der Waals surface area contributed by atoms with Crippen molar-refractivity contribution in [1.82, 2.24) is 30.0 Å². The van der Waals surface area contributed by atoms with Crippen LogP contribution in [0, 0.1) is 0 Å². The Labute approximate surface area is 174 Å². The largest absolute Gasteiger partial charge is 0.352 e. The summed E-state index contributed by atoms with van der Waals surface area (Å²) in [7, 11) is 1.89. The van der Waals surface area contributed by atoms with Gasteiger partial charge in [0.1, 0.15) is 5.82 Å². The van der Waals surface area contributed by atoms with Crippen molar-refractivity contribution in [2.45, 2.75) is 19.4 Å². The van der Waals surface area contributed by atoms with Crippen molar-refractivity contribution < 1.29 is 4.79 Å². The van der Waals surface area contributed by atoms with Crippen LogP contribution in [0.1, 0.15) is 22.5 Å². The molecule has 150 valence electrons. The molecule has 0 aliphatic carbocycles. The van der Waals surface area contributed by atoms with Crippen LogP contribution >= 0.6 is 0 Å². The Kier molecular flexibility index (Phi) is 5.89. The van der Waals surface area contributed by atoms with Crippen molar-refractivity contribution in [3.05, 3.63) is 96.1 Å². The number of nitrogens with one attached hydrogen (secondary N) is 1. The Hall–Kier alpha value is -3.87. The highest BCUT2D eigenvalue weighted by molar-refractivity contribution is 5.78. The van der Waals surface area contributed by atoms with Gasteiger partial charge in [-0.15, -0.1) is 0 Å². The molecule has 1 N–H and O–H groups in total. The predicted molar refractivity (Wildman–Crippen MR) is 113 cm³/mol. The van der Waals surface area contributed by atoms with Crippen molar-refractivity contribution in [3.63, 3.8) is 0 Å². The number of amides is 1. The van der Waals surface area contributed by atoms with Crippen LogP contribution < -0.4 is 5.32 Å². The lowest BCUT2D eigenvalue weighted by molar-refractivity contribution is -0.120. The minimum atomic E-state index is -0.0188. The zero-order chi connectivity index (χ0) is 20.8. The smallest absolute Gasteiger partial charge is 0.224 e. The van der Waals surface area contributed by atoms with Gasteiger partial charge >= 0.3 is 0 Å². The molecule has 0 fully saturated rings. The molecule has 30 heavy (non-hydrogen) atoms. The van der Waals surface area contributed by atoms with Gasteiger partial charge in [-0.1, -0.05) is 30.3 Å². The summed E-state index contributed by atoms with van der Waals surface area (Å²) in [6.07, 6.45) is 11.9. The highest BCUT2D eigenvalue weighted by atomic mass is 16.1. The molecule has 0 saturated heterocycles. The Balaban J connectivity index is 1.33. The summed E-state index contributed by atoms with van der Waals surface area (Å²) in [5.41, 5.74) is 4.97. The first-order valence-corrected chi connectivity index (χ1v) is 9.69. The van der Waals surface area contributed by atoms with E-state index in [9.17, 15) is 4.79 Å². The number of benzene rings is 1. The van der Waals surface area contributed by atoms with Crippen LogP contribution in [-0.4, -0.2) is 30.6 Å². The Morgan fingerprint density at radius 3 is 2.40 bits per heavy atom. The molecule has 0 bridgehead atoms. The lowest BCUT2D eigenvalue weighted by Crippen LogP contribution is -2.24. The average Bonchev–Trinajstić information content (AvgIpc) is 3.19. The van der Waals surface area contributed by atoms with Crippen LogP contribution in [0.2, 0.25) is 0 Å². The number of hydrogen-bond donors (Lipinski definition) is 1. The minimum Gasteiger partial charge on any atom is -0.352 e. The zero-order valence-corrected chi connectivity index (χ0v) is 16.7. The Morgan fingerprint density at radius 1 is 0.933 bits per heavy atom.